The molecule has 0 spiro atoms. The molecule has 0 aliphatic heterocycles. The zero-order valence-electron chi connectivity index (χ0n) is 22.1. The summed E-state index contributed by atoms with van der Waals surface area (Å²) in [6.45, 7) is 3.86. The first-order valence-electron chi connectivity index (χ1n) is 12.0. The molecule has 2 aromatic carbocycles. The average Bonchev–Trinajstić information content (AvgIpc) is 3.22. The maximum absolute atomic E-state index is 14.9. The van der Waals surface area contributed by atoms with E-state index in [-0.39, 0.29) is 12.4 Å². The Morgan fingerprint density at radius 2 is 1.82 bits per heavy atom. The van der Waals surface area contributed by atoms with Gasteiger partial charge < -0.3 is 14.0 Å². The summed E-state index contributed by atoms with van der Waals surface area (Å²) in [5.41, 5.74) is 2.08. The van der Waals surface area contributed by atoms with E-state index in [1.54, 1.807) is 30.5 Å². The van der Waals surface area contributed by atoms with E-state index in [9.17, 15) is 17.2 Å². The minimum absolute atomic E-state index is 0.0285. The highest BCUT2D eigenvalue weighted by Gasteiger charge is 2.31. The number of allylic oxidation sites excluding steroid dienone is 1. The van der Waals surface area contributed by atoms with Crippen LogP contribution in [0.2, 0.25) is 5.02 Å². The molecule has 2 heterocycles. The lowest BCUT2D eigenvalue weighted by molar-refractivity contribution is 0.391. The van der Waals surface area contributed by atoms with E-state index in [0.29, 0.717) is 34.6 Å². The summed E-state index contributed by atoms with van der Waals surface area (Å²) in [6.07, 6.45) is 5.59. The van der Waals surface area contributed by atoms with Crippen LogP contribution in [0, 0.1) is 17.6 Å². The first-order valence-corrected chi connectivity index (χ1v) is 13.8. The summed E-state index contributed by atoms with van der Waals surface area (Å²) >= 11 is 5.85. The number of halogens is 3. The predicted molar refractivity (Wildman–Crippen MR) is 149 cm³/mol. The topological polar surface area (TPSA) is 73.7 Å². The van der Waals surface area contributed by atoms with Crippen molar-refractivity contribution in [1.29, 1.82) is 0 Å². The highest BCUT2D eigenvalue weighted by atomic mass is 35.5. The summed E-state index contributed by atoms with van der Waals surface area (Å²) in [7, 11) is 0.171. The average molecular weight is 576 g/mol. The van der Waals surface area contributed by atoms with Gasteiger partial charge in [0.15, 0.2) is 0 Å². The molecule has 0 radical (unpaired) electrons. The molecule has 0 bridgehead atoms. The molecule has 0 amide bonds. The maximum Gasteiger partial charge on any atom is 0.268 e. The molecule has 206 valence electrons. The number of fused-ring (bicyclic) bond motifs is 1. The molecule has 0 saturated carbocycles. The van der Waals surface area contributed by atoms with E-state index < -0.39 is 31.6 Å². The second-order valence-electron chi connectivity index (χ2n) is 9.22. The number of ether oxygens (including phenoxy) is 2. The minimum Gasteiger partial charge on any atom is -0.497 e. The number of pyridine rings is 1. The van der Waals surface area contributed by atoms with Crippen molar-refractivity contribution in [3.63, 3.8) is 0 Å². The van der Waals surface area contributed by atoms with Crippen LogP contribution in [0.5, 0.6) is 11.5 Å². The van der Waals surface area contributed by atoms with Crippen molar-refractivity contribution in [3.8, 4) is 11.5 Å². The van der Waals surface area contributed by atoms with Gasteiger partial charge in [0.1, 0.15) is 33.8 Å². The van der Waals surface area contributed by atoms with E-state index in [2.05, 4.69) is 24.9 Å². The van der Waals surface area contributed by atoms with E-state index >= 15 is 0 Å². The monoisotopic (exact) mass is 575 g/mol. The van der Waals surface area contributed by atoms with E-state index in [1.165, 1.54) is 14.2 Å². The first kappa shape index (κ1) is 28.4. The van der Waals surface area contributed by atoms with Crippen molar-refractivity contribution in [3.05, 3.63) is 82.7 Å². The van der Waals surface area contributed by atoms with Gasteiger partial charge in [0.2, 0.25) is 0 Å². The van der Waals surface area contributed by atoms with Crippen LogP contribution in [0.4, 0.5) is 14.6 Å². The molecule has 39 heavy (non-hydrogen) atoms. The third kappa shape index (κ3) is 5.72. The van der Waals surface area contributed by atoms with Gasteiger partial charge in [0.05, 0.1) is 31.3 Å². The van der Waals surface area contributed by atoms with E-state index in [4.69, 9.17) is 21.1 Å². The maximum atomic E-state index is 14.9. The number of rotatable bonds is 9. The number of aryl methyl sites for hydroxylation is 1. The van der Waals surface area contributed by atoms with Crippen LogP contribution in [-0.4, -0.2) is 32.2 Å². The van der Waals surface area contributed by atoms with E-state index in [0.717, 1.165) is 21.5 Å². The lowest BCUT2D eigenvalue weighted by Crippen LogP contribution is -2.32. The fourth-order valence-corrected chi connectivity index (χ4v) is 5.77. The molecule has 4 aromatic rings. The van der Waals surface area contributed by atoms with Gasteiger partial charge in [-0.1, -0.05) is 31.5 Å². The summed E-state index contributed by atoms with van der Waals surface area (Å²) < 4.78 is 70.2. The fraction of sp³-hybridized carbons (Fsp3) is 0.250. The van der Waals surface area contributed by atoms with Gasteiger partial charge in [0.25, 0.3) is 10.0 Å². The van der Waals surface area contributed by atoms with Crippen LogP contribution >= 0.6 is 11.6 Å². The molecular formula is C28H28ClF2N3O4S. The molecule has 11 heteroatoms. The Bertz CT molecular complexity index is 1670. The smallest absolute Gasteiger partial charge is 0.268 e. The van der Waals surface area contributed by atoms with Crippen LogP contribution in [0.1, 0.15) is 25.1 Å². The molecule has 0 aliphatic rings. The molecule has 7 nitrogen and oxygen atoms in total. The minimum atomic E-state index is -4.62. The molecular weight excluding hydrogens is 548 g/mol. The molecule has 0 aliphatic carbocycles. The number of sulfonamides is 1. The zero-order chi connectivity index (χ0) is 28.5. The predicted octanol–water partition coefficient (Wildman–Crippen LogP) is 6.59. The summed E-state index contributed by atoms with van der Waals surface area (Å²) in [5, 5.41) is 0.268. The zero-order valence-corrected chi connectivity index (χ0v) is 23.6. The number of hydrogen-bond donors (Lipinski definition) is 0. The van der Waals surface area contributed by atoms with Crippen molar-refractivity contribution in [2.45, 2.75) is 25.3 Å². The fourth-order valence-electron chi connectivity index (χ4n) is 4.08. The molecule has 0 unspecified atom stereocenters. The lowest BCUT2D eigenvalue weighted by Gasteiger charge is -2.25. The van der Waals surface area contributed by atoms with Crippen molar-refractivity contribution in [2.75, 3.05) is 18.5 Å². The van der Waals surface area contributed by atoms with Crippen LogP contribution in [0.25, 0.3) is 17.0 Å². The highest BCUT2D eigenvalue weighted by molar-refractivity contribution is 7.92. The van der Waals surface area contributed by atoms with Gasteiger partial charge >= 0.3 is 0 Å². The number of aromatic nitrogens is 2. The Morgan fingerprint density at radius 1 is 1.08 bits per heavy atom. The van der Waals surface area contributed by atoms with Crippen molar-refractivity contribution in [2.24, 2.45) is 13.0 Å². The number of methoxy groups -OCH3 is 2. The number of nitrogens with zero attached hydrogens (tertiary/aromatic N) is 3. The van der Waals surface area contributed by atoms with Crippen LogP contribution in [0.15, 0.2) is 59.6 Å². The molecule has 0 N–H and O–H groups in total. The molecule has 0 saturated heterocycles. The van der Waals surface area contributed by atoms with Gasteiger partial charge in [-0.2, -0.15) is 0 Å². The van der Waals surface area contributed by atoms with Gasteiger partial charge in [0, 0.05) is 48.1 Å². The van der Waals surface area contributed by atoms with Gasteiger partial charge in [-0.3, -0.25) is 0 Å². The second-order valence-corrected chi connectivity index (χ2v) is 11.5. The third-order valence-electron chi connectivity index (χ3n) is 6.21. The van der Waals surface area contributed by atoms with Gasteiger partial charge in [-0.15, -0.1) is 0 Å². The quantitative estimate of drug-likeness (QED) is 0.211. The Hall–Kier alpha value is -3.63. The number of anilines is 1. The van der Waals surface area contributed by atoms with Crippen LogP contribution < -0.4 is 13.8 Å². The van der Waals surface area contributed by atoms with Gasteiger partial charge in [-0.25, -0.2) is 26.5 Å². The summed E-state index contributed by atoms with van der Waals surface area (Å²) in [5.74, 6) is -1.11. The normalized spacial score (nSPS) is 12.0. The molecule has 2 aromatic heterocycles. The van der Waals surface area contributed by atoms with Crippen molar-refractivity contribution < 1.29 is 26.7 Å². The Balaban J connectivity index is 1.91. The highest BCUT2D eigenvalue weighted by Crippen LogP contribution is 2.34. The van der Waals surface area contributed by atoms with Crippen molar-refractivity contribution >= 4 is 44.4 Å². The van der Waals surface area contributed by atoms with Gasteiger partial charge in [-0.05, 0) is 36.3 Å². The Labute approximate surface area is 231 Å². The lowest BCUT2D eigenvalue weighted by atomic mass is 10.2. The molecule has 0 fully saturated rings. The molecule has 0 atom stereocenters. The van der Waals surface area contributed by atoms with Crippen molar-refractivity contribution in [1.82, 2.24) is 9.55 Å². The van der Waals surface area contributed by atoms with E-state index in [1.807, 2.05) is 23.8 Å². The first-order chi connectivity index (χ1) is 18.5. The van der Waals surface area contributed by atoms with Crippen LogP contribution in [0.3, 0.4) is 0 Å². The largest absolute Gasteiger partial charge is 0.497 e. The number of hydrogen-bond acceptors (Lipinski definition) is 5. The summed E-state index contributed by atoms with van der Waals surface area (Å²) in [4.78, 5) is 3.64. The Morgan fingerprint density at radius 3 is 2.49 bits per heavy atom. The molecule has 4 rings (SSSR count). The summed E-state index contributed by atoms with van der Waals surface area (Å²) in [6, 6.07) is 9.66. The standard InChI is InChI=1S/C28H28ClF2N3O4S/c1-17(2)6-8-20-10-19-15-32-28(14-25(19)33(20)3)34(16-18-7-9-21(37-4)11-26(18)38-5)39(35,36)27-12-22(29)23(30)13-24(27)31/h6-15,17H,16H2,1-5H3/b8-6+. The third-order valence-corrected chi connectivity index (χ3v) is 8.26. The second kappa shape index (κ2) is 11.2. The Kier molecular flexibility index (Phi) is 8.17. The SMILES string of the molecule is COc1ccc(CN(c2cc3c(cn2)cc(/C=C/C(C)C)n3C)S(=O)(=O)c2cc(Cl)c(F)cc2F)c(OC)c1. The number of benzene rings is 2. The van der Waals surface area contributed by atoms with Crippen LogP contribution in [-0.2, 0) is 23.6 Å².